The van der Waals surface area contributed by atoms with Gasteiger partial charge in [0.25, 0.3) is 11.8 Å². The fourth-order valence-corrected chi connectivity index (χ4v) is 3.56. The van der Waals surface area contributed by atoms with E-state index in [2.05, 4.69) is 23.1 Å². The van der Waals surface area contributed by atoms with Gasteiger partial charge in [0, 0.05) is 24.2 Å². The van der Waals surface area contributed by atoms with E-state index in [-0.39, 0.29) is 11.8 Å². The van der Waals surface area contributed by atoms with Gasteiger partial charge in [-0.05, 0) is 36.2 Å². The Balaban J connectivity index is 1.53. The van der Waals surface area contributed by atoms with Crippen LogP contribution >= 0.6 is 0 Å². The highest BCUT2D eigenvalue weighted by molar-refractivity contribution is 5.94. The summed E-state index contributed by atoms with van der Waals surface area (Å²) in [6.07, 6.45) is 13.0. The highest BCUT2D eigenvalue weighted by atomic mass is 16.2. The van der Waals surface area contributed by atoms with Crippen LogP contribution in [0.5, 0.6) is 0 Å². The minimum atomic E-state index is -0.142. The van der Waals surface area contributed by atoms with Crippen molar-refractivity contribution >= 4 is 11.8 Å². The van der Waals surface area contributed by atoms with E-state index in [1.807, 2.05) is 30.3 Å². The minimum absolute atomic E-state index is 0.108. The first-order valence-electron chi connectivity index (χ1n) is 12.2. The minimum Gasteiger partial charge on any atom is -0.348 e. The zero-order valence-electron chi connectivity index (χ0n) is 19.5. The molecule has 0 saturated heterocycles. The Labute approximate surface area is 193 Å². The molecule has 32 heavy (non-hydrogen) atoms. The van der Waals surface area contributed by atoms with Gasteiger partial charge < -0.3 is 5.32 Å². The number of amides is 2. The standard InChI is InChI=1S/C27H39N3O2/c1-2-3-4-5-6-7-8-9-10-14-21-29-30-27(32)25-19-17-23(18-20-25)22-28-26(31)24-15-12-11-13-16-24/h11-13,15-20,29H,2-10,14,21-22H2,1H3,(H,28,31)(H,30,32). The number of unbranched alkanes of at least 4 members (excludes halogenated alkanes) is 9. The molecule has 2 aromatic rings. The van der Waals surface area contributed by atoms with E-state index in [9.17, 15) is 9.59 Å². The lowest BCUT2D eigenvalue weighted by molar-refractivity contribution is 0.0929. The van der Waals surface area contributed by atoms with E-state index in [1.165, 1.54) is 57.8 Å². The Morgan fingerprint density at radius 2 is 1.22 bits per heavy atom. The average molecular weight is 438 g/mol. The molecule has 0 saturated carbocycles. The quantitative estimate of drug-likeness (QED) is 0.231. The molecule has 3 N–H and O–H groups in total. The number of benzene rings is 2. The third-order valence-corrected chi connectivity index (χ3v) is 5.56. The van der Waals surface area contributed by atoms with Gasteiger partial charge in [0.15, 0.2) is 0 Å². The van der Waals surface area contributed by atoms with Gasteiger partial charge in [-0.1, -0.05) is 95.0 Å². The second-order valence-electron chi connectivity index (χ2n) is 8.31. The fourth-order valence-electron chi connectivity index (χ4n) is 3.56. The summed E-state index contributed by atoms with van der Waals surface area (Å²) in [4.78, 5) is 24.3. The first-order valence-corrected chi connectivity index (χ1v) is 12.2. The van der Waals surface area contributed by atoms with Crippen LogP contribution in [0.15, 0.2) is 54.6 Å². The molecule has 0 aliphatic heterocycles. The molecule has 5 nitrogen and oxygen atoms in total. The third kappa shape index (κ3) is 10.6. The van der Waals surface area contributed by atoms with Gasteiger partial charge in [-0.25, -0.2) is 5.43 Å². The lowest BCUT2D eigenvalue weighted by Crippen LogP contribution is -2.37. The Hall–Kier alpha value is -2.66. The number of hydrogen-bond donors (Lipinski definition) is 3. The molecule has 0 heterocycles. The van der Waals surface area contributed by atoms with Crippen LogP contribution in [-0.2, 0) is 6.54 Å². The van der Waals surface area contributed by atoms with Gasteiger partial charge in [-0.3, -0.25) is 15.0 Å². The first-order chi connectivity index (χ1) is 15.7. The Morgan fingerprint density at radius 1 is 0.656 bits per heavy atom. The summed E-state index contributed by atoms with van der Waals surface area (Å²) < 4.78 is 0. The molecule has 0 unspecified atom stereocenters. The summed E-state index contributed by atoms with van der Waals surface area (Å²) in [5.41, 5.74) is 7.97. The van der Waals surface area contributed by atoms with Crippen LogP contribution in [0.1, 0.15) is 97.4 Å². The van der Waals surface area contributed by atoms with Crippen molar-refractivity contribution in [3.05, 3.63) is 71.3 Å². The summed E-state index contributed by atoms with van der Waals surface area (Å²) in [5, 5.41) is 2.89. The Kier molecular flexibility index (Phi) is 12.8. The highest BCUT2D eigenvalue weighted by Gasteiger charge is 2.06. The molecule has 0 fully saturated rings. The van der Waals surface area contributed by atoms with Crippen molar-refractivity contribution in [3.63, 3.8) is 0 Å². The topological polar surface area (TPSA) is 70.2 Å². The largest absolute Gasteiger partial charge is 0.348 e. The van der Waals surface area contributed by atoms with Crippen molar-refractivity contribution in [2.45, 2.75) is 77.7 Å². The molecule has 174 valence electrons. The van der Waals surface area contributed by atoms with Crippen LogP contribution in [0.4, 0.5) is 0 Å². The Morgan fingerprint density at radius 3 is 1.84 bits per heavy atom. The zero-order chi connectivity index (χ0) is 22.9. The number of carbonyl (C=O) groups is 2. The number of hydrazine groups is 1. The molecule has 0 bridgehead atoms. The van der Waals surface area contributed by atoms with E-state index in [4.69, 9.17) is 0 Å². The fraction of sp³-hybridized carbons (Fsp3) is 0.481. The first kappa shape index (κ1) is 25.6. The van der Waals surface area contributed by atoms with Crippen molar-refractivity contribution in [2.75, 3.05) is 6.54 Å². The summed E-state index contributed by atoms with van der Waals surface area (Å²) in [5.74, 6) is -0.249. The van der Waals surface area contributed by atoms with Gasteiger partial charge in [-0.2, -0.15) is 0 Å². The van der Waals surface area contributed by atoms with Crippen LogP contribution in [-0.4, -0.2) is 18.4 Å². The van der Waals surface area contributed by atoms with Crippen LogP contribution in [0.2, 0.25) is 0 Å². The molecule has 0 aliphatic rings. The lowest BCUT2D eigenvalue weighted by Gasteiger charge is -2.09. The predicted molar refractivity (Wildman–Crippen MR) is 131 cm³/mol. The smallest absolute Gasteiger partial charge is 0.265 e. The molecule has 0 atom stereocenters. The monoisotopic (exact) mass is 437 g/mol. The Bertz CT molecular complexity index is 775. The molecule has 0 aromatic heterocycles. The summed E-state index contributed by atoms with van der Waals surface area (Å²) in [6.45, 7) is 3.46. The van der Waals surface area contributed by atoms with Gasteiger partial charge in [-0.15, -0.1) is 0 Å². The van der Waals surface area contributed by atoms with E-state index in [0.717, 1.165) is 18.5 Å². The van der Waals surface area contributed by atoms with Gasteiger partial charge in [0.1, 0.15) is 0 Å². The zero-order valence-corrected chi connectivity index (χ0v) is 19.5. The number of carbonyl (C=O) groups excluding carboxylic acids is 2. The van der Waals surface area contributed by atoms with Crippen molar-refractivity contribution in [1.82, 2.24) is 16.2 Å². The van der Waals surface area contributed by atoms with Crippen molar-refractivity contribution in [1.29, 1.82) is 0 Å². The maximum absolute atomic E-state index is 12.2. The van der Waals surface area contributed by atoms with Crippen LogP contribution in [0.3, 0.4) is 0 Å². The van der Waals surface area contributed by atoms with Crippen LogP contribution < -0.4 is 16.2 Å². The van der Waals surface area contributed by atoms with Gasteiger partial charge in [0.2, 0.25) is 0 Å². The van der Waals surface area contributed by atoms with Gasteiger partial charge >= 0.3 is 0 Å². The van der Waals surface area contributed by atoms with Crippen LogP contribution in [0.25, 0.3) is 0 Å². The molecule has 0 aliphatic carbocycles. The van der Waals surface area contributed by atoms with E-state index < -0.39 is 0 Å². The normalized spacial score (nSPS) is 10.7. The van der Waals surface area contributed by atoms with Crippen LogP contribution in [0, 0.1) is 0 Å². The second kappa shape index (κ2) is 16.0. The van der Waals surface area contributed by atoms with E-state index in [0.29, 0.717) is 17.7 Å². The molecular weight excluding hydrogens is 398 g/mol. The highest BCUT2D eigenvalue weighted by Crippen LogP contribution is 2.10. The summed E-state index contributed by atoms with van der Waals surface area (Å²) in [6, 6.07) is 16.4. The van der Waals surface area contributed by atoms with E-state index >= 15 is 0 Å². The summed E-state index contributed by atoms with van der Waals surface area (Å²) in [7, 11) is 0. The number of rotatable bonds is 16. The molecule has 2 aromatic carbocycles. The average Bonchev–Trinajstić information content (AvgIpc) is 2.84. The number of hydrogen-bond acceptors (Lipinski definition) is 3. The maximum Gasteiger partial charge on any atom is 0.265 e. The van der Waals surface area contributed by atoms with Crippen molar-refractivity contribution < 1.29 is 9.59 Å². The predicted octanol–water partition coefficient (Wildman–Crippen LogP) is 5.77. The molecular formula is C27H39N3O2. The summed E-state index contributed by atoms with van der Waals surface area (Å²) >= 11 is 0. The third-order valence-electron chi connectivity index (χ3n) is 5.56. The van der Waals surface area contributed by atoms with Gasteiger partial charge in [0.05, 0.1) is 0 Å². The van der Waals surface area contributed by atoms with Crippen molar-refractivity contribution in [3.8, 4) is 0 Å². The molecule has 0 radical (unpaired) electrons. The SMILES string of the molecule is CCCCCCCCCCCCNNC(=O)c1ccc(CNC(=O)c2ccccc2)cc1. The maximum atomic E-state index is 12.2. The molecule has 0 spiro atoms. The molecule has 5 heteroatoms. The lowest BCUT2D eigenvalue weighted by atomic mass is 10.1. The molecule has 2 amide bonds. The second-order valence-corrected chi connectivity index (χ2v) is 8.31. The van der Waals surface area contributed by atoms with Crippen molar-refractivity contribution in [2.24, 2.45) is 0 Å². The van der Waals surface area contributed by atoms with E-state index in [1.54, 1.807) is 24.3 Å². The molecule has 2 rings (SSSR count). The number of nitrogens with one attached hydrogen (secondary N) is 3.